The predicted molar refractivity (Wildman–Crippen MR) is 211 cm³/mol. The van der Waals surface area contributed by atoms with Crippen LogP contribution < -0.4 is 24.8 Å². The summed E-state index contributed by atoms with van der Waals surface area (Å²) in [7, 11) is -4.79. The van der Waals surface area contributed by atoms with Gasteiger partial charge in [-0.3, -0.25) is 19.1 Å². The standard InChI is InChI=1S/C41H53F4N5O9S/c1-7-24-17-23(3)11-9-10-12-26-21-40(26,36(53)49-60(55,56)39(6)14-15-39)48-33(51)30-19-27(58-34-28-20-29(42)31(57-8-2)18-25(28)13-16-46-34)22-50(30)35(52)32(24)47-37(54)59-38(4,5)41(43,44)45/h10,12-13,16,18,20,23-24,26-27,30,32H,7-9,11,14-15,17,19,21-22H2,1-6H3,(H,47,54)(H,48,51)(H,49,53)/b12-10-/t23-,24+,26+,27+,30-,32-,40+/m0/s1/i6D3. The molecule has 0 bridgehead atoms. The number of hydrogen-bond donors (Lipinski definition) is 3. The van der Waals surface area contributed by atoms with Crippen LogP contribution in [-0.4, -0.2) is 95.5 Å². The molecular formula is C41H53F4N5O9S. The number of alkyl carbamates (subject to hydrolysis) is 1. The van der Waals surface area contributed by atoms with Gasteiger partial charge in [0.1, 0.15) is 23.7 Å². The number of pyridine rings is 1. The van der Waals surface area contributed by atoms with Gasteiger partial charge in [-0.2, -0.15) is 13.2 Å². The molecule has 60 heavy (non-hydrogen) atoms. The lowest BCUT2D eigenvalue weighted by molar-refractivity contribution is -0.244. The van der Waals surface area contributed by atoms with Crippen LogP contribution in [-0.2, 0) is 29.1 Å². The molecule has 1 saturated heterocycles. The smallest absolute Gasteiger partial charge is 0.427 e. The average Bonchev–Trinajstić information content (AvgIpc) is 4.09. The highest BCUT2D eigenvalue weighted by molar-refractivity contribution is 7.91. The van der Waals surface area contributed by atoms with Gasteiger partial charge in [-0.05, 0) is 102 Å². The van der Waals surface area contributed by atoms with Crippen molar-refractivity contribution in [2.45, 2.75) is 133 Å². The molecule has 3 N–H and O–H groups in total. The molecule has 3 heterocycles. The summed E-state index contributed by atoms with van der Waals surface area (Å²) in [6.45, 7) is 3.51. The Labute approximate surface area is 350 Å². The molecule has 330 valence electrons. The first-order valence-electron chi connectivity index (χ1n) is 21.6. The first-order chi connectivity index (χ1) is 29.3. The number of alkyl halides is 3. The van der Waals surface area contributed by atoms with E-state index in [2.05, 4.69) is 15.6 Å². The van der Waals surface area contributed by atoms with Crippen LogP contribution in [0.4, 0.5) is 22.4 Å². The molecule has 4 aliphatic rings. The highest BCUT2D eigenvalue weighted by atomic mass is 32.2. The van der Waals surface area contributed by atoms with Gasteiger partial charge >= 0.3 is 12.3 Å². The maximum atomic E-state index is 15.1. The van der Waals surface area contributed by atoms with Gasteiger partial charge in [0, 0.05) is 28.0 Å². The van der Waals surface area contributed by atoms with Crippen LogP contribution in [0.15, 0.2) is 36.5 Å². The number of ether oxygens (including phenoxy) is 3. The third kappa shape index (κ3) is 9.15. The Bertz CT molecular complexity index is 2260. The Morgan fingerprint density at radius 1 is 1.15 bits per heavy atom. The molecule has 2 aliphatic carbocycles. The van der Waals surface area contributed by atoms with Crippen molar-refractivity contribution in [1.29, 1.82) is 0 Å². The first kappa shape index (κ1) is 40.7. The van der Waals surface area contributed by atoms with Crippen molar-refractivity contribution in [2.75, 3.05) is 13.2 Å². The van der Waals surface area contributed by atoms with Gasteiger partial charge < -0.3 is 29.7 Å². The molecule has 0 unspecified atom stereocenters. The molecule has 1 aromatic carbocycles. The van der Waals surface area contributed by atoms with E-state index < -0.39 is 98.6 Å². The van der Waals surface area contributed by atoms with Crippen molar-refractivity contribution >= 4 is 44.6 Å². The molecule has 19 heteroatoms. The Morgan fingerprint density at radius 2 is 1.88 bits per heavy atom. The average molecular weight is 871 g/mol. The van der Waals surface area contributed by atoms with Gasteiger partial charge in [-0.25, -0.2) is 22.6 Å². The SMILES string of the molecule is [2H]C([2H])([2H])C1(S(=O)(=O)NC(=O)[C@@]23C[C@H]2/C=C\CC[C@H](C)C[C@@H](CC)[C@H](NC(=O)OC(C)(C)C(F)(F)F)C(=O)N2C[C@H](Oc4nccc5cc(OCC)c(F)cc45)C[C@H]2C(=O)N3)CC1. The second-order valence-corrected chi connectivity index (χ2v) is 18.8. The van der Waals surface area contributed by atoms with Gasteiger partial charge in [0.05, 0.1) is 17.9 Å². The molecule has 2 aromatic rings. The van der Waals surface area contributed by atoms with Crippen LogP contribution in [0.3, 0.4) is 0 Å². The summed E-state index contributed by atoms with van der Waals surface area (Å²) >= 11 is 0. The summed E-state index contributed by atoms with van der Waals surface area (Å²) < 4.78 is 123. The van der Waals surface area contributed by atoms with Crippen molar-refractivity contribution in [1.82, 2.24) is 25.2 Å². The molecule has 2 saturated carbocycles. The van der Waals surface area contributed by atoms with Crippen LogP contribution in [0.2, 0.25) is 0 Å². The summed E-state index contributed by atoms with van der Waals surface area (Å²) in [6, 6.07) is 1.18. The van der Waals surface area contributed by atoms with Crippen molar-refractivity contribution in [3.05, 3.63) is 42.4 Å². The number of hydrogen-bond acceptors (Lipinski definition) is 10. The fourth-order valence-corrected chi connectivity index (χ4v) is 9.10. The molecule has 0 radical (unpaired) electrons. The molecule has 4 amide bonds. The summed E-state index contributed by atoms with van der Waals surface area (Å²) in [5.41, 5.74) is -4.84. The van der Waals surface area contributed by atoms with Gasteiger partial charge in [0.15, 0.2) is 11.6 Å². The minimum atomic E-state index is -4.97. The van der Waals surface area contributed by atoms with E-state index in [-0.39, 0.29) is 68.2 Å². The van der Waals surface area contributed by atoms with E-state index in [4.69, 9.17) is 18.3 Å². The number of carbonyl (C=O) groups excluding carboxylic acids is 4. The van der Waals surface area contributed by atoms with E-state index in [1.165, 1.54) is 12.3 Å². The number of amides is 4. The molecule has 14 nitrogen and oxygen atoms in total. The highest BCUT2D eigenvalue weighted by Crippen LogP contribution is 2.48. The Hall–Kier alpha value is -4.68. The highest BCUT2D eigenvalue weighted by Gasteiger charge is 2.63. The van der Waals surface area contributed by atoms with Crippen molar-refractivity contribution in [3.63, 3.8) is 0 Å². The van der Waals surface area contributed by atoms with E-state index in [1.807, 2.05) is 11.6 Å². The summed E-state index contributed by atoms with van der Waals surface area (Å²) in [6.07, 6.45) is -1.97. The number of sulfonamides is 1. The maximum absolute atomic E-state index is 15.1. The van der Waals surface area contributed by atoms with E-state index in [9.17, 15) is 40.8 Å². The monoisotopic (exact) mass is 870 g/mol. The third-order valence-corrected chi connectivity index (χ3v) is 13.8. The lowest BCUT2D eigenvalue weighted by Gasteiger charge is -2.35. The Balaban J connectivity index is 1.38. The lowest BCUT2D eigenvalue weighted by Crippen LogP contribution is -2.60. The van der Waals surface area contributed by atoms with Crippen LogP contribution in [0.25, 0.3) is 10.8 Å². The Morgan fingerprint density at radius 3 is 2.53 bits per heavy atom. The number of halogens is 4. The largest absolute Gasteiger partial charge is 0.491 e. The van der Waals surface area contributed by atoms with Gasteiger partial charge in [0.2, 0.25) is 33.3 Å². The number of aromatic nitrogens is 1. The van der Waals surface area contributed by atoms with Crippen LogP contribution in [0.5, 0.6) is 11.6 Å². The zero-order valence-corrected chi connectivity index (χ0v) is 34.8. The number of nitrogens with zero attached hydrogens (tertiary/aromatic N) is 2. The Kier molecular flexibility index (Phi) is 11.3. The van der Waals surface area contributed by atoms with Crippen molar-refractivity contribution in [3.8, 4) is 11.6 Å². The van der Waals surface area contributed by atoms with Gasteiger partial charge in [-0.1, -0.05) is 32.4 Å². The van der Waals surface area contributed by atoms with E-state index in [1.54, 1.807) is 32.1 Å². The second-order valence-electron chi connectivity index (χ2n) is 16.8. The second kappa shape index (κ2) is 16.6. The number of carbonyl (C=O) groups is 4. The molecular weight excluding hydrogens is 815 g/mol. The molecule has 7 atom stereocenters. The van der Waals surface area contributed by atoms with Crippen molar-refractivity contribution in [2.24, 2.45) is 17.8 Å². The predicted octanol–water partition coefficient (Wildman–Crippen LogP) is 5.83. The van der Waals surface area contributed by atoms with E-state index >= 15 is 4.39 Å². The summed E-state index contributed by atoms with van der Waals surface area (Å²) in [5.74, 6) is -5.33. The molecule has 1 aromatic heterocycles. The lowest BCUT2D eigenvalue weighted by atomic mass is 9.85. The number of fused-ring (bicyclic) bond motifs is 3. The maximum Gasteiger partial charge on any atom is 0.427 e. The molecule has 2 aliphatic heterocycles. The van der Waals surface area contributed by atoms with Gasteiger partial charge in [0.25, 0.3) is 5.91 Å². The minimum Gasteiger partial charge on any atom is -0.491 e. The van der Waals surface area contributed by atoms with Crippen LogP contribution in [0, 0.1) is 23.6 Å². The fraction of sp³-hybridized carbons (Fsp3) is 0.634. The van der Waals surface area contributed by atoms with Crippen molar-refractivity contribution < 1.29 is 63.5 Å². The zero-order chi connectivity index (χ0) is 46.5. The number of rotatable bonds is 10. The topological polar surface area (TPSA) is 182 Å². The zero-order valence-electron chi connectivity index (χ0n) is 37.0. The minimum absolute atomic E-state index is 0.0173. The fourth-order valence-electron chi connectivity index (χ4n) is 7.84. The summed E-state index contributed by atoms with van der Waals surface area (Å²) in [5, 5.41) is 5.74. The van der Waals surface area contributed by atoms with Gasteiger partial charge in [-0.15, -0.1) is 0 Å². The molecule has 3 fully saturated rings. The first-order valence-corrected chi connectivity index (χ1v) is 21.6. The van der Waals surface area contributed by atoms with E-state index in [0.717, 1.165) is 11.0 Å². The quantitative estimate of drug-likeness (QED) is 0.194. The van der Waals surface area contributed by atoms with Crippen LogP contribution >= 0.6 is 0 Å². The van der Waals surface area contributed by atoms with E-state index in [0.29, 0.717) is 38.5 Å². The number of benzene rings is 1. The van der Waals surface area contributed by atoms with Crippen LogP contribution in [0.1, 0.15) is 96.9 Å². The third-order valence-electron chi connectivity index (χ3n) is 11.9. The normalized spacial score (nSPS) is 29.8. The number of allylic oxidation sites excluding steroid dienone is 1. The molecule has 6 rings (SSSR count). The summed E-state index contributed by atoms with van der Waals surface area (Å²) in [4.78, 5) is 62.3. The molecule has 0 spiro atoms. The number of nitrogens with one attached hydrogen (secondary N) is 3.